The minimum absolute atomic E-state index is 0.0194. The zero-order chi connectivity index (χ0) is 22.3. The summed E-state index contributed by atoms with van der Waals surface area (Å²) in [6, 6.07) is 5.21. The number of hydrogen-bond donors (Lipinski definition) is 0. The Morgan fingerprint density at radius 3 is 2.55 bits per heavy atom. The van der Waals surface area contributed by atoms with Crippen LogP contribution in [0.15, 0.2) is 29.3 Å². The van der Waals surface area contributed by atoms with Crippen LogP contribution in [0.5, 0.6) is 0 Å². The number of carbonyl (C=O) groups is 2. The lowest BCUT2D eigenvalue weighted by molar-refractivity contribution is -0.147. The Morgan fingerprint density at radius 1 is 1.03 bits per heavy atom. The van der Waals surface area contributed by atoms with Crippen LogP contribution in [-0.4, -0.2) is 49.7 Å². The number of sulfone groups is 1. The number of ketones is 1. The van der Waals surface area contributed by atoms with Gasteiger partial charge >= 0.3 is 5.97 Å². The number of esters is 1. The summed E-state index contributed by atoms with van der Waals surface area (Å²) >= 11 is 0. The fraction of sp³-hybridized carbons (Fsp3) is 0.609. The first kappa shape index (κ1) is 23.6. The molecule has 1 aromatic rings. The third-order valence-corrected chi connectivity index (χ3v) is 6.90. The van der Waals surface area contributed by atoms with Crippen molar-refractivity contribution >= 4 is 27.7 Å². The predicted octanol–water partition coefficient (Wildman–Crippen LogP) is 3.63. The molecular formula is C23H31NO6S. The van der Waals surface area contributed by atoms with Crippen LogP contribution >= 0.6 is 0 Å². The van der Waals surface area contributed by atoms with E-state index in [-0.39, 0.29) is 29.3 Å². The monoisotopic (exact) mass is 449 g/mol. The highest BCUT2D eigenvalue weighted by molar-refractivity contribution is 7.94. The quantitative estimate of drug-likeness (QED) is 0.513. The van der Waals surface area contributed by atoms with Gasteiger partial charge in [-0.3, -0.25) is 14.6 Å². The average Bonchev–Trinajstić information content (AvgIpc) is 3.45. The Morgan fingerprint density at radius 2 is 1.81 bits per heavy atom. The number of fused-ring (bicyclic) bond motifs is 1. The third kappa shape index (κ3) is 7.85. The Labute approximate surface area is 184 Å². The first-order valence-corrected chi connectivity index (χ1v) is 12.9. The molecule has 2 aliphatic rings. The smallest absolute Gasteiger partial charge is 0.306 e. The number of Topliss-reactive ketones (excluding diaryl/α,β-unsaturated/α-hetero) is 1. The Balaban J connectivity index is 1.80. The summed E-state index contributed by atoms with van der Waals surface area (Å²) in [5.41, 5.74) is 0.477. The SMILES string of the molecule is CS(=O)(=O)C(=Cc1ccccn1)C1CC2OC2CCCCCCC(=O)CCCC(=O)O1. The predicted molar refractivity (Wildman–Crippen MR) is 117 cm³/mol. The first-order valence-electron chi connectivity index (χ1n) is 11.0. The van der Waals surface area contributed by atoms with Crippen molar-refractivity contribution in [2.24, 2.45) is 0 Å². The van der Waals surface area contributed by atoms with Crippen molar-refractivity contribution in [3.05, 3.63) is 35.0 Å². The molecule has 1 aromatic heterocycles. The van der Waals surface area contributed by atoms with Crippen LogP contribution in [0.4, 0.5) is 0 Å². The van der Waals surface area contributed by atoms with Gasteiger partial charge < -0.3 is 9.47 Å². The van der Waals surface area contributed by atoms with E-state index >= 15 is 0 Å². The minimum atomic E-state index is -3.65. The normalized spacial score (nSPS) is 27.3. The molecule has 170 valence electrons. The second-order valence-electron chi connectivity index (χ2n) is 8.35. The van der Waals surface area contributed by atoms with E-state index in [0.717, 1.165) is 38.4 Å². The molecule has 3 unspecified atom stereocenters. The molecule has 3 atom stereocenters. The van der Waals surface area contributed by atoms with Crippen LogP contribution in [0, 0.1) is 0 Å². The van der Waals surface area contributed by atoms with E-state index in [1.165, 1.54) is 6.08 Å². The van der Waals surface area contributed by atoms with Crippen molar-refractivity contribution in [2.75, 3.05) is 6.26 Å². The van der Waals surface area contributed by atoms with Crippen molar-refractivity contribution in [2.45, 2.75) is 82.5 Å². The van der Waals surface area contributed by atoms with Gasteiger partial charge in [-0.2, -0.15) is 0 Å². The van der Waals surface area contributed by atoms with Crippen molar-refractivity contribution < 1.29 is 27.5 Å². The number of cyclic esters (lactones) is 1. The molecule has 2 fully saturated rings. The van der Waals surface area contributed by atoms with Gasteiger partial charge in [-0.15, -0.1) is 0 Å². The third-order valence-electron chi connectivity index (χ3n) is 5.66. The molecule has 0 bridgehead atoms. The van der Waals surface area contributed by atoms with Gasteiger partial charge in [-0.05, 0) is 37.5 Å². The van der Waals surface area contributed by atoms with E-state index in [1.807, 2.05) is 0 Å². The van der Waals surface area contributed by atoms with E-state index in [4.69, 9.17) is 9.47 Å². The number of nitrogens with zero attached hydrogens (tertiary/aromatic N) is 1. The van der Waals surface area contributed by atoms with E-state index in [0.29, 0.717) is 31.4 Å². The largest absolute Gasteiger partial charge is 0.457 e. The number of aromatic nitrogens is 1. The molecule has 7 nitrogen and oxygen atoms in total. The molecule has 2 aliphatic heterocycles. The van der Waals surface area contributed by atoms with Gasteiger partial charge in [0.1, 0.15) is 11.9 Å². The van der Waals surface area contributed by atoms with Crippen LogP contribution in [0.1, 0.15) is 69.9 Å². The van der Waals surface area contributed by atoms with Gasteiger partial charge in [0.15, 0.2) is 9.84 Å². The summed E-state index contributed by atoms with van der Waals surface area (Å²) in [7, 11) is -3.65. The van der Waals surface area contributed by atoms with Crippen LogP contribution < -0.4 is 0 Å². The summed E-state index contributed by atoms with van der Waals surface area (Å²) in [6.07, 6.45) is 9.65. The molecule has 31 heavy (non-hydrogen) atoms. The molecule has 3 rings (SSSR count). The van der Waals surface area contributed by atoms with E-state index in [9.17, 15) is 18.0 Å². The minimum Gasteiger partial charge on any atom is -0.457 e. The molecule has 3 heterocycles. The van der Waals surface area contributed by atoms with Gasteiger partial charge in [0.05, 0.1) is 22.8 Å². The molecule has 0 aromatic carbocycles. The zero-order valence-corrected chi connectivity index (χ0v) is 18.8. The van der Waals surface area contributed by atoms with Crippen LogP contribution in [0.25, 0.3) is 6.08 Å². The lowest BCUT2D eigenvalue weighted by Gasteiger charge is -2.20. The second kappa shape index (κ2) is 11.0. The molecule has 0 saturated carbocycles. The summed E-state index contributed by atoms with van der Waals surface area (Å²) in [5.74, 6) is -0.341. The lowest BCUT2D eigenvalue weighted by atomic mass is 10.0. The molecule has 0 aliphatic carbocycles. The zero-order valence-electron chi connectivity index (χ0n) is 18.0. The molecule has 0 N–H and O–H groups in total. The van der Waals surface area contributed by atoms with Crippen LogP contribution in [0.3, 0.4) is 0 Å². The van der Waals surface area contributed by atoms with E-state index in [2.05, 4.69) is 4.98 Å². The summed E-state index contributed by atoms with van der Waals surface area (Å²) in [4.78, 5) is 28.7. The van der Waals surface area contributed by atoms with Gasteiger partial charge in [-0.25, -0.2) is 8.42 Å². The summed E-state index contributed by atoms with van der Waals surface area (Å²) in [5, 5.41) is 0. The number of ether oxygens (including phenoxy) is 2. The second-order valence-corrected chi connectivity index (χ2v) is 10.4. The van der Waals surface area contributed by atoms with Crippen molar-refractivity contribution in [1.29, 1.82) is 0 Å². The van der Waals surface area contributed by atoms with Crippen LogP contribution in [-0.2, 0) is 28.9 Å². The topological polar surface area (TPSA) is 103 Å². The van der Waals surface area contributed by atoms with Crippen molar-refractivity contribution in [3.8, 4) is 0 Å². The first-order chi connectivity index (χ1) is 14.8. The Hall–Kier alpha value is -2.06. The van der Waals surface area contributed by atoms with Gasteiger partial charge in [0, 0.05) is 38.1 Å². The molecule has 2 saturated heterocycles. The highest BCUT2D eigenvalue weighted by atomic mass is 32.2. The highest BCUT2D eigenvalue weighted by Crippen LogP contribution is 2.35. The Kier molecular flexibility index (Phi) is 8.37. The summed E-state index contributed by atoms with van der Waals surface area (Å²) in [6.45, 7) is 0. The number of carbonyl (C=O) groups excluding carboxylic acids is 2. The van der Waals surface area contributed by atoms with Crippen molar-refractivity contribution in [3.63, 3.8) is 0 Å². The maximum atomic E-state index is 12.6. The number of pyridine rings is 1. The maximum absolute atomic E-state index is 12.6. The van der Waals surface area contributed by atoms with E-state index in [1.54, 1.807) is 24.4 Å². The molecule has 0 spiro atoms. The molecule has 0 amide bonds. The number of hydrogen-bond acceptors (Lipinski definition) is 7. The van der Waals surface area contributed by atoms with Gasteiger partial charge in [-0.1, -0.05) is 25.3 Å². The molecule has 0 radical (unpaired) electrons. The van der Waals surface area contributed by atoms with Crippen molar-refractivity contribution in [1.82, 2.24) is 4.98 Å². The number of rotatable bonds is 3. The molecule has 8 heteroatoms. The van der Waals surface area contributed by atoms with Gasteiger partial charge in [0.2, 0.25) is 0 Å². The Bertz CT molecular complexity index is 896. The fourth-order valence-corrected chi connectivity index (χ4v) is 4.87. The summed E-state index contributed by atoms with van der Waals surface area (Å²) < 4.78 is 36.6. The fourth-order valence-electron chi connectivity index (χ4n) is 3.91. The lowest BCUT2D eigenvalue weighted by Crippen LogP contribution is -2.27. The molecular weight excluding hydrogens is 418 g/mol. The van der Waals surface area contributed by atoms with Gasteiger partial charge in [0.25, 0.3) is 0 Å². The average molecular weight is 450 g/mol. The highest BCUT2D eigenvalue weighted by Gasteiger charge is 2.42. The van der Waals surface area contributed by atoms with E-state index < -0.39 is 21.9 Å². The standard InChI is InChI=1S/C23H31NO6S/c1-31(27,28)22(15-17-9-6-7-14-24-17)21-16-20-19(29-20)12-5-3-2-4-10-18(25)11-8-13-23(26)30-21/h6-7,9,14-15,19-21H,2-5,8,10-13,16H2,1H3. The maximum Gasteiger partial charge on any atom is 0.306 e. The van der Waals surface area contributed by atoms with Crippen LogP contribution in [0.2, 0.25) is 0 Å². The number of epoxide rings is 1.